The third kappa shape index (κ3) is 1.88. The number of hydrogen-bond donors (Lipinski definition) is 2. The van der Waals surface area contributed by atoms with Crippen LogP contribution < -0.4 is 5.84 Å². The Labute approximate surface area is 72.3 Å². The van der Waals surface area contributed by atoms with Gasteiger partial charge in [0.15, 0.2) is 0 Å². The van der Waals surface area contributed by atoms with Gasteiger partial charge in [-0.2, -0.15) is 0 Å². The highest BCUT2D eigenvalue weighted by atomic mass is 16.4. The lowest BCUT2D eigenvalue weighted by molar-refractivity contribution is 0.0903. The molecule has 12 heavy (non-hydrogen) atoms. The minimum atomic E-state index is -1.02. The molecule has 0 bridgehead atoms. The van der Waals surface area contributed by atoms with Crippen molar-refractivity contribution in [1.29, 1.82) is 0 Å². The summed E-state index contributed by atoms with van der Waals surface area (Å²) in [6.07, 6.45) is 3.27. The van der Waals surface area contributed by atoms with Gasteiger partial charge in [0.2, 0.25) is 0 Å². The molecule has 0 aromatic carbocycles. The summed E-state index contributed by atoms with van der Waals surface area (Å²) in [5.41, 5.74) is 0. The Morgan fingerprint density at radius 2 is 2.08 bits per heavy atom. The highest BCUT2D eigenvalue weighted by Crippen LogP contribution is 2.26. The SMILES string of the molecule is CC1CCCCC1N(N)C(=O)O. The molecule has 0 spiro atoms. The Kier molecular flexibility index (Phi) is 2.92. The maximum Gasteiger partial charge on any atom is 0.421 e. The van der Waals surface area contributed by atoms with Crippen LogP contribution in [0.5, 0.6) is 0 Å². The smallest absolute Gasteiger partial charge is 0.421 e. The van der Waals surface area contributed by atoms with Crippen molar-refractivity contribution >= 4 is 6.09 Å². The average Bonchev–Trinajstić information content (AvgIpc) is 2.04. The Bertz CT molecular complexity index is 172. The molecule has 1 saturated carbocycles. The summed E-state index contributed by atoms with van der Waals surface area (Å²) in [6.45, 7) is 2.06. The summed E-state index contributed by atoms with van der Waals surface area (Å²) in [7, 11) is 0. The van der Waals surface area contributed by atoms with Crippen LogP contribution in [-0.2, 0) is 0 Å². The number of amides is 1. The standard InChI is InChI=1S/C8H16N2O2/c1-6-4-2-3-5-7(6)10(9)8(11)12/h6-7H,2-5,9H2,1H3,(H,11,12). The lowest BCUT2D eigenvalue weighted by Gasteiger charge is -2.33. The van der Waals surface area contributed by atoms with Crippen molar-refractivity contribution < 1.29 is 9.90 Å². The van der Waals surface area contributed by atoms with Crippen molar-refractivity contribution in [3.05, 3.63) is 0 Å². The second-order valence-corrected chi connectivity index (χ2v) is 3.52. The highest BCUT2D eigenvalue weighted by Gasteiger charge is 2.28. The number of nitrogens with zero attached hydrogens (tertiary/aromatic N) is 1. The lowest BCUT2D eigenvalue weighted by Crippen LogP contribution is -2.49. The first-order valence-corrected chi connectivity index (χ1v) is 4.39. The molecular weight excluding hydrogens is 156 g/mol. The monoisotopic (exact) mass is 172 g/mol. The average molecular weight is 172 g/mol. The van der Waals surface area contributed by atoms with Crippen molar-refractivity contribution in [2.24, 2.45) is 11.8 Å². The summed E-state index contributed by atoms with van der Waals surface area (Å²) in [6, 6.07) is 0.0243. The molecular formula is C8H16N2O2. The van der Waals surface area contributed by atoms with Gasteiger partial charge < -0.3 is 5.11 Å². The zero-order chi connectivity index (χ0) is 9.14. The van der Waals surface area contributed by atoms with E-state index in [4.69, 9.17) is 10.9 Å². The summed E-state index contributed by atoms with van der Waals surface area (Å²) in [4.78, 5) is 10.5. The van der Waals surface area contributed by atoms with Crippen LogP contribution in [0.15, 0.2) is 0 Å². The van der Waals surface area contributed by atoms with Crippen molar-refractivity contribution in [3.8, 4) is 0 Å². The van der Waals surface area contributed by atoms with Crippen molar-refractivity contribution in [2.75, 3.05) is 0 Å². The summed E-state index contributed by atoms with van der Waals surface area (Å²) in [5, 5.41) is 9.62. The lowest BCUT2D eigenvalue weighted by atomic mass is 9.86. The molecule has 0 heterocycles. The van der Waals surface area contributed by atoms with Crippen LogP contribution in [0.1, 0.15) is 32.6 Å². The predicted molar refractivity (Wildman–Crippen MR) is 45.5 cm³/mol. The van der Waals surface area contributed by atoms with E-state index in [2.05, 4.69) is 6.92 Å². The van der Waals surface area contributed by atoms with Crippen LogP contribution in [0.3, 0.4) is 0 Å². The van der Waals surface area contributed by atoms with Crippen LogP contribution in [0.25, 0.3) is 0 Å². The zero-order valence-corrected chi connectivity index (χ0v) is 7.36. The Balaban J connectivity index is 2.53. The molecule has 1 rings (SSSR count). The minimum Gasteiger partial charge on any atom is -0.464 e. The van der Waals surface area contributed by atoms with E-state index in [1.54, 1.807) is 0 Å². The van der Waals surface area contributed by atoms with Gasteiger partial charge in [-0.15, -0.1) is 0 Å². The molecule has 3 N–H and O–H groups in total. The molecule has 1 aliphatic rings. The van der Waals surface area contributed by atoms with E-state index in [1.165, 1.54) is 6.42 Å². The second-order valence-electron chi connectivity index (χ2n) is 3.52. The molecule has 1 fully saturated rings. The van der Waals surface area contributed by atoms with Gasteiger partial charge in [-0.05, 0) is 18.8 Å². The van der Waals surface area contributed by atoms with E-state index in [9.17, 15) is 4.79 Å². The maximum absolute atomic E-state index is 10.5. The Morgan fingerprint density at radius 3 is 2.58 bits per heavy atom. The van der Waals surface area contributed by atoms with E-state index in [-0.39, 0.29) is 6.04 Å². The molecule has 1 amide bonds. The quantitative estimate of drug-likeness (QED) is 0.357. The van der Waals surface area contributed by atoms with Gasteiger partial charge in [-0.1, -0.05) is 19.8 Å². The van der Waals surface area contributed by atoms with Gasteiger partial charge in [-0.3, -0.25) is 0 Å². The van der Waals surface area contributed by atoms with Gasteiger partial charge >= 0.3 is 6.09 Å². The first kappa shape index (κ1) is 9.32. The Morgan fingerprint density at radius 1 is 1.50 bits per heavy atom. The number of hydrazine groups is 1. The van der Waals surface area contributed by atoms with E-state index in [1.807, 2.05) is 0 Å². The molecule has 0 saturated heterocycles. The van der Waals surface area contributed by atoms with Gasteiger partial charge in [0.25, 0.3) is 0 Å². The molecule has 0 aliphatic heterocycles. The van der Waals surface area contributed by atoms with Crippen LogP contribution in [0.2, 0.25) is 0 Å². The third-order valence-electron chi connectivity index (χ3n) is 2.64. The fourth-order valence-corrected chi connectivity index (χ4v) is 1.85. The maximum atomic E-state index is 10.5. The third-order valence-corrected chi connectivity index (χ3v) is 2.64. The van der Waals surface area contributed by atoms with Crippen molar-refractivity contribution in [2.45, 2.75) is 38.6 Å². The highest BCUT2D eigenvalue weighted by molar-refractivity contribution is 5.64. The number of carboxylic acid groups (broad SMARTS) is 1. The topological polar surface area (TPSA) is 66.6 Å². The second kappa shape index (κ2) is 3.76. The van der Waals surface area contributed by atoms with Crippen LogP contribution >= 0.6 is 0 Å². The van der Waals surface area contributed by atoms with Crippen LogP contribution in [0.4, 0.5) is 4.79 Å². The van der Waals surface area contributed by atoms with Crippen LogP contribution in [-0.4, -0.2) is 22.3 Å². The first-order valence-electron chi connectivity index (χ1n) is 4.39. The summed E-state index contributed by atoms with van der Waals surface area (Å²) in [5.74, 6) is 5.82. The fourth-order valence-electron chi connectivity index (χ4n) is 1.85. The summed E-state index contributed by atoms with van der Waals surface area (Å²) < 4.78 is 0. The molecule has 4 nitrogen and oxygen atoms in total. The molecule has 0 radical (unpaired) electrons. The van der Waals surface area contributed by atoms with Gasteiger partial charge in [0.05, 0.1) is 6.04 Å². The molecule has 0 aromatic rings. The summed E-state index contributed by atoms with van der Waals surface area (Å²) >= 11 is 0. The zero-order valence-electron chi connectivity index (χ0n) is 7.36. The van der Waals surface area contributed by atoms with Gasteiger partial charge in [-0.25, -0.2) is 15.6 Å². The van der Waals surface area contributed by atoms with Gasteiger partial charge in [0.1, 0.15) is 0 Å². The molecule has 2 unspecified atom stereocenters. The largest absolute Gasteiger partial charge is 0.464 e. The number of nitrogens with two attached hydrogens (primary N) is 1. The molecule has 70 valence electrons. The molecule has 0 aromatic heterocycles. The number of hydrogen-bond acceptors (Lipinski definition) is 2. The molecule has 2 atom stereocenters. The fraction of sp³-hybridized carbons (Fsp3) is 0.875. The van der Waals surface area contributed by atoms with E-state index in [0.29, 0.717) is 5.92 Å². The van der Waals surface area contributed by atoms with Crippen molar-refractivity contribution in [3.63, 3.8) is 0 Å². The van der Waals surface area contributed by atoms with E-state index in [0.717, 1.165) is 24.3 Å². The Hall–Kier alpha value is -0.770. The molecule has 1 aliphatic carbocycles. The van der Waals surface area contributed by atoms with Crippen molar-refractivity contribution in [1.82, 2.24) is 5.01 Å². The first-order chi connectivity index (χ1) is 5.63. The van der Waals surface area contributed by atoms with E-state index < -0.39 is 6.09 Å². The van der Waals surface area contributed by atoms with Crippen LogP contribution in [0, 0.1) is 5.92 Å². The van der Waals surface area contributed by atoms with Gasteiger partial charge in [0, 0.05) is 0 Å². The normalized spacial score (nSPS) is 29.8. The number of rotatable bonds is 1. The minimum absolute atomic E-state index is 0.0243. The molecule has 4 heteroatoms. The van der Waals surface area contributed by atoms with E-state index >= 15 is 0 Å². The predicted octanol–water partition coefficient (Wildman–Crippen LogP) is 1.42. The number of carbonyl (C=O) groups is 1.